The van der Waals surface area contributed by atoms with Gasteiger partial charge in [0.2, 0.25) is 12.3 Å². The lowest BCUT2D eigenvalue weighted by atomic mass is 10.1. The molecule has 0 aliphatic rings. The lowest BCUT2D eigenvalue weighted by Gasteiger charge is -2.02. The Kier molecular flexibility index (Phi) is 1.67. The fourth-order valence-electron chi connectivity index (χ4n) is 1.52. The molecule has 0 atom stereocenters. The molecular weight excluding hydrogens is 213 g/mol. The van der Waals surface area contributed by atoms with Crippen LogP contribution in [0.3, 0.4) is 0 Å². The fraction of sp³-hybridized carbons (Fsp3) is 0. The second-order valence-corrected chi connectivity index (χ2v) is 3.19. The molecule has 2 aromatic heterocycles. The number of benzene rings is 1. The highest BCUT2D eigenvalue weighted by Crippen LogP contribution is 2.30. The highest BCUT2D eigenvalue weighted by molar-refractivity contribution is 5.88. The number of halogens is 1. The highest BCUT2D eigenvalue weighted by atomic mass is 19.1. The normalized spacial score (nSPS) is 11.1. The number of anilines is 1. The molecule has 80 valence electrons. The Morgan fingerprint density at radius 1 is 1.44 bits per heavy atom. The summed E-state index contributed by atoms with van der Waals surface area (Å²) in [4.78, 5) is 6.62. The van der Waals surface area contributed by atoms with Crippen LogP contribution in [-0.4, -0.2) is 20.2 Å². The molecule has 7 heteroatoms. The maximum absolute atomic E-state index is 13.8. The van der Waals surface area contributed by atoms with Gasteiger partial charge in [-0.3, -0.25) is 0 Å². The van der Waals surface area contributed by atoms with Gasteiger partial charge in [0, 0.05) is 0 Å². The van der Waals surface area contributed by atoms with E-state index in [0.29, 0.717) is 11.1 Å². The van der Waals surface area contributed by atoms with E-state index in [4.69, 9.17) is 10.2 Å². The Labute approximate surface area is 88.3 Å². The molecule has 3 rings (SSSR count). The van der Waals surface area contributed by atoms with E-state index in [1.165, 1.54) is 6.33 Å². The van der Waals surface area contributed by atoms with Gasteiger partial charge in [-0.05, 0) is 6.07 Å². The lowest BCUT2D eigenvalue weighted by Crippen LogP contribution is -1.96. The topological polar surface area (TPSA) is 93.6 Å². The molecule has 0 aliphatic carbocycles. The molecular formula is C9H6FN5O. The molecule has 6 nitrogen and oxygen atoms in total. The Hall–Kier alpha value is -2.44. The molecule has 0 amide bonds. The summed E-state index contributed by atoms with van der Waals surface area (Å²) >= 11 is 0. The molecule has 3 N–H and O–H groups in total. The van der Waals surface area contributed by atoms with E-state index in [0.717, 1.165) is 6.39 Å². The monoisotopic (exact) mass is 219 g/mol. The van der Waals surface area contributed by atoms with E-state index in [-0.39, 0.29) is 17.1 Å². The molecule has 0 spiro atoms. The van der Waals surface area contributed by atoms with Crippen LogP contribution in [0.25, 0.3) is 22.5 Å². The third-order valence-electron chi connectivity index (χ3n) is 2.28. The number of aromatic nitrogens is 4. The van der Waals surface area contributed by atoms with E-state index in [9.17, 15) is 4.39 Å². The van der Waals surface area contributed by atoms with Crippen LogP contribution in [0, 0.1) is 5.82 Å². The van der Waals surface area contributed by atoms with Crippen LogP contribution in [0.2, 0.25) is 0 Å². The predicted molar refractivity (Wildman–Crippen MR) is 53.8 cm³/mol. The van der Waals surface area contributed by atoms with E-state index in [1.807, 2.05) is 0 Å². The van der Waals surface area contributed by atoms with Crippen LogP contribution in [0.4, 0.5) is 10.1 Å². The summed E-state index contributed by atoms with van der Waals surface area (Å²) in [6, 6.07) is 1.62. The van der Waals surface area contributed by atoms with Crippen molar-refractivity contribution in [1.29, 1.82) is 0 Å². The van der Waals surface area contributed by atoms with Crippen LogP contribution < -0.4 is 5.73 Å². The number of rotatable bonds is 1. The number of nitrogens with two attached hydrogens (primary N) is 1. The molecule has 16 heavy (non-hydrogen) atoms. The number of hydrogen-bond donors (Lipinski definition) is 2. The van der Waals surface area contributed by atoms with Crippen LogP contribution in [-0.2, 0) is 0 Å². The van der Waals surface area contributed by atoms with E-state index in [1.54, 1.807) is 6.07 Å². The quantitative estimate of drug-likeness (QED) is 0.602. The molecule has 0 aliphatic heterocycles. The minimum atomic E-state index is -0.591. The number of aromatic amines is 1. The number of imidazole rings is 1. The zero-order valence-corrected chi connectivity index (χ0v) is 7.94. The molecule has 1 aromatic carbocycles. The van der Waals surface area contributed by atoms with Crippen molar-refractivity contribution in [2.24, 2.45) is 0 Å². The van der Waals surface area contributed by atoms with E-state index in [2.05, 4.69) is 20.2 Å². The molecule has 0 saturated heterocycles. The third kappa shape index (κ3) is 1.08. The first-order valence-electron chi connectivity index (χ1n) is 4.45. The zero-order valence-electron chi connectivity index (χ0n) is 7.94. The summed E-state index contributed by atoms with van der Waals surface area (Å²) in [5, 5.41) is 7.20. The SMILES string of the molecule is Nc1c(-c2nnco2)cc2[nH]cnc2c1F. The molecule has 0 unspecified atom stereocenters. The van der Waals surface area contributed by atoms with Gasteiger partial charge < -0.3 is 15.1 Å². The fourth-order valence-corrected chi connectivity index (χ4v) is 1.52. The van der Waals surface area contributed by atoms with Crippen molar-refractivity contribution in [2.75, 3.05) is 5.73 Å². The second kappa shape index (κ2) is 3.02. The average molecular weight is 219 g/mol. The van der Waals surface area contributed by atoms with Crippen molar-refractivity contribution < 1.29 is 8.81 Å². The largest absolute Gasteiger partial charge is 0.423 e. The first kappa shape index (κ1) is 8.84. The van der Waals surface area contributed by atoms with Crippen molar-refractivity contribution in [3.8, 4) is 11.5 Å². The third-order valence-corrected chi connectivity index (χ3v) is 2.28. The minimum absolute atomic E-state index is 0.0520. The smallest absolute Gasteiger partial charge is 0.249 e. The summed E-state index contributed by atoms with van der Waals surface area (Å²) < 4.78 is 18.8. The van der Waals surface area contributed by atoms with Gasteiger partial charge in [0.15, 0.2) is 5.82 Å². The Morgan fingerprint density at radius 3 is 3.06 bits per heavy atom. The maximum atomic E-state index is 13.8. The van der Waals surface area contributed by atoms with Gasteiger partial charge in [-0.1, -0.05) is 0 Å². The van der Waals surface area contributed by atoms with Gasteiger partial charge in [0.25, 0.3) is 0 Å². The van der Waals surface area contributed by atoms with Gasteiger partial charge >= 0.3 is 0 Å². The van der Waals surface area contributed by atoms with Crippen molar-refractivity contribution in [1.82, 2.24) is 20.2 Å². The van der Waals surface area contributed by atoms with E-state index >= 15 is 0 Å². The first-order chi connectivity index (χ1) is 7.77. The van der Waals surface area contributed by atoms with Crippen LogP contribution in [0.1, 0.15) is 0 Å². The molecule has 0 saturated carbocycles. The first-order valence-corrected chi connectivity index (χ1v) is 4.45. The van der Waals surface area contributed by atoms with Gasteiger partial charge in [0.05, 0.1) is 23.1 Å². The molecule has 0 bridgehead atoms. The minimum Gasteiger partial charge on any atom is -0.423 e. The summed E-state index contributed by atoms with van der Waals surface area (Å²) in [5.74, 6) is -0.417. The highest BCUT2D eigenvalue weighted by Gasteiger charge is 2.16. The zero-order chi connectivity index (χ0) is 11.1. The average Bonchev–Trinajstić information content (AvgIpc) is 2.92. The summed E-state index contributed by atoms with van der Waals surface area (Å²) in [6.07, 6.45) is 2.55. The predicted octanol–water partition coefficient (Wildman–Crippen LogP) is 1.33. The summed E-state index contributed by atoms with van der Waals surface area (Å²) in [7, 11) is 0. The standard InChI is InChI=1S/C9H6FN5O/c10-6-7(11)4(9-15-14-3-16-9)1-5-8(6)13-2-12-5/h1-3H,11H2,(H,12,13). The van der Waals surface area contributed by atoms with Crippen molar-refractivity contribution in [2.45, 2.75) is 0 Å². The number of fused-ring (bicyclic) bond motifs is 1. The number of hydrogen-bond acceptors (Lipinski definition) is 5. The van der Waals surface area contributed by atoms with Gasteiger partial charge in [-0.15, -0.1) is 10.2 Å². The molecule has 0 radical (unpaired) electrons. The Morgan fingerprint density at radius 2 is 2.31 bits per heavy atom. The van der Waals surface area contributed by atoms with Crippen LogP contribution >= 0.6 is 0 Å². The number of H-pyrrole nitrogens is 1. The lowest BCUT2D eigenvalue weighted by molar-refractivity contribution is 0.568. The van der Waals surface area contributed by atoms with Gasteiger partial charge in [0.1, 0.15) is 5.52 Å². The number of nitrogens with zero attached hydrogens (tertiary/aromatic N) is 3. The Balaban J connectivity index is 2.37. The molecule has 2 heterocycles. The van der Waals surface area contributed by atoms with Gasteiger partial charge in [-0.2, -0.15) is 0 Å². The Bertz CT molecular complexity index is 645. The summed E-state index contributed by atoms with van der Waals surface area (Å²) in [6.45, 7) is 0. The number of nitrogens with one attached hydrogen (secondary N) is 1. The van der Waals surface area contributed by atoms with Crippen LogP contribution in [0.5, 0.6) is 0 Å². The van der Waals surface area contributed by atoms with Crippen molar-refractivity contribution >= 4 is 16.7 Å². The second-order valence-electron chi connectivity index (χ2n) is 3.19. The number of nitrogen functional groups attached to an aromatic ring is 1. The van der Waals surface area contributed by atoms with Crippen molar-refractivity contribution in [3.63, 3.8) is 0 Å². The van der Waals surface area contributed by atoms with Gasteiger partial charge in [-0.25, -0.2) is 9.37 Å². The summed E-state index contributed by atoms with van der Waals surface area (Å²) in [5.41, 5.74) is 6.67. The molecule has 0 fully saturated rings. The van der Waals surface area contributed by atoms with E-state index < -0.39 is 5.82 Å². The molecule has 3 aromatic rings. The maximum Gasteiger partial charge on any atom is 0.249 e. The van der Waals surface area contributed by atoms with Crippen molar-refractivity contribution in [3.05, 3.63) is 24.6 Å². The van der Waals surface area contributed by atoms with Crippen LogP contribution in [0.15, 0.2) is 23.2 Å².